The average molecular weight is 295 g/mol. The molecule has 3 N–H and O–H groups in total. The minimum atomic E-state index is -0.00729. The van der Waals surface area contributed by atoms with E-state index in [1.165, 1.54) is 25.7 Å². The monoisotopic (exact) mass is 294 g/mol. The summed E-state index contributed by atoms with van der Waals surface area (Å²) in [6.07, 6.45) is 6.47. The third kappa shape index (κ3) is 2.75. The van der Waals surface area contributed by atoms with Gasteiger partial charge in [-0.2, -0.15) is 0 Å². The quantitative estimate of drug-likeness (QED) is 0.660. The zero-order chi connectivity index (χ0) is 14.8. The van der Waals surface area contributed by atoms with E-state index in [0.29, 0.717) is 16.0 Å². The van der Waals surface area contributed by atoms with E-state index < -0.39 is 0 Å². The molecule has 0 atom stereocenters. The van der Waals surface area contributed by atoms with Gasteiger partial charge in [0.05, 0.1) is 5.02 Å². The van der Waals surface area contributed by atoms with Crippen LogP contribution in [0.15, 0.2) is 12.3 Å². The van der Waals surface area contributed by atoms with Gasteiger partial charge in [0.25, 0.3) is 0 Å². The Morgan fingerprint density at radius 2 is 2.00 bits per heavy atom. The summed E-state index contributed by atoms with van der Waals surface area (Å²) in [5.41, 5.74) is 6.59. The molecule has 1 aliphatic rings. The second kappa shape index (κ2) is 6.00. The van der Waals surface area contributed by atoms with Gasteiger partial charge in [-0.15, -0.1) is 0 Å². The highest BCUT2D eigenvalue weighted by molar-refractivity contribution is 6.36. The topological polar surface area (TPSA) is 66.0 Å². The number of nitrogens with one attached hydrogen (secondary N) is 1. The van der Waals surface area contributed by atoms with E-state index >= 15 is 0 Å². The van der Waals surface area contributed by atoms with Gasteiger partial charge in [-0.1, -0.05) is 38.3 Å². The van der Waals surface area contributed by atoms with Crippen LogP contribution in [0, 0.1) is 10.8 Å². The largest absolute Gasteiger partial charge is 0.384 e. The maximum atomic E-state index is 7.56. The summed E-state index contributed by atoms with van der Waals surface area (Å²) in [7, 11) is 0. The summed E-state index contributed by atoms with van der Waals surface area (Å²) in [5.74, 6) is 0.757. The number of amidine groups is 1. The number of aromatic nitrogens is 1. The molecule has 0 bridgehead atoms. The zero-order valence-corrected chi connectivity index (χ0v) is 13.0. The molecular formula is C15H23ClN4. The molecule has 0 spiro atoms. The smallest absolute Gasteiger partial charge is 0.148 e. The number of halogens is 1. The average Bonchev–Trinajstić information content (AvgIpc) is 2.47. The van der Waals surface area contributed by atoms with E-state index in [2.05, 4.69) is 23.7 Å². The molecule has 0 amide bonds. The second-order valence-corrected chi connectivity index (χ2v) is 5.98. The minimum Gasteiger partial charge on any atom is -0.384 e. The molecular weight excluding hydrogens is 272 g/mol. The van der Waals surface area contributed by atoms with E-state index in [-0.39, 0.29) is 5.84 Å². The lowest BCUT2D eigenvalue weighted by molar-refractivity contribution is 0.199. The van der Waals surface area contributed by atoms with E-state index in [4.69, 9.17) is 22.7 Å². The Morgan fingerprint density at radius 3 is 2.50 bits per heavy atom. The van der Waals surface area contributed by atoms with E-state index in [0.717, 1.165) is 18.9 Å². The maximum Gasteiger partial charge on any atom is 0.148 e. The Hall–Kier alpha value is -1.29. The number of hydrogen-bond donors (Lipinski definition) is 2. The van der Waals surface area contributed by atoms with Gasteiger partial charge in [0.2, 0.25) is 0 Å². The number of nitrogen functional groups attached to an aromatic ring is 1. The molecule has 0 saturated carbocycles. The molecule has 0 unspecified atom stereocenters. The summed E-state index contributed by atoms with van der Waals surface area (Å²) >= 11 is 6.35. The van der Waals surface area contributed by atoms with Crippen molar-refractivity contribution >= 4 is 23.3 Å². The summed E-state index contributed by atoms with van der Waals surface area (Å²) in [6, 6.07) is 1.69. The van der Waals surface area contributed by atoms with E-state index in [1.54, 1.807) is 12.3 Å². The highest BCUT2D eigenvalue weighted by Crippen LogP contribution is 2.40. The SMILES string of the molecule is CCC1(CC)CCN(c2nccc(C(=N)N)c2Cl)CC1. The highest BCUT2D eigenvalue weighted by atomic mass is 35.5. The van der Waals surface area contributed by atoms with Gasteiger partial charge in [0, 0.05) is 24.8 Å². The second-order valence-electron chi connectivity index (χ2n) is 5.60. The lowest BCUT2D eigenvalue weighted by atomic mass is 9.74. The van der Waals surface area contributed by atoms with Crippen LogP contribution in [0.1, 0.15) is 45.1 Å². The number of pyridine rings is 1. The Bertz CT molecular complexity index is 487. The Labute approximate surface area is 125 Å². The van der Waals surface area contributed by atoms with Crippen LogP contribution >= 0.6 is 11.6 Å². The van der Waals surface area contributed by atoms with Crippen LogP contribution in [-0.4, -0.2) is 23.9 Å². The first-order chi connectivity index (χ1) is 9.53. The molecule has 110 valence electrons. The van der Waals surface area contributed by atoms with Crippen molar-refractivity contribution in [3.05, 3.63) is 22.8 Å². The lowest BCUT2D eigenvalue weighted by Gasteiger charge is -2.41. The predicted molar refractivity (Wildman–Crippen MR) is 84.7 cm³/mol. The number of anilines is 1. The van der Waals surface area contributed by atoms with Crippen LogP contribution in [0.25, 0.3) is 0 Å². The van der Waals surface area contributed by atoms with Crippen molar-refractivity contribution in [1.29, 1.82) is 5.41 Å². The van der Waals surface area contributed by atoms with Gasteiger partial charge in [0.1, 0.15) is 11.7 Å². The summed E-state index contributed by atoms with van der Waals surface area (Å²) in [6.45, 7) is 6.49. The molecule has 1 aromatic heterocycles. The fourth-order valence-electron chi connectivity index (χ4n) is 3.01. The maximum absolute atomic E-state index is 7.56. The van der Waals surface area contributed by atoms with Gasteiger partial charge in [0.15, 0.2) is 0 Å². The Morgan fingerprint density at radius 1 is 1.40 bits per heavy atom. The molecule has 2 heterocycles. The Kier molecular flexibility index (Phi) is 4.53. The molecule has 1 aromatic rings. The summed E-state index contributed by atoms with van der Waals surface area (Å²) < 4.78 is 0. The molecule has 4 nitrogen and oxygen atoms in total. The van der Waals surface area contributed by atoms with Crippen LogP contribution in [-0.2, 0) is 0 Å². The van der Waals surface area contributed by atoms with Crippen LogP contribution in [0.5, 0.6) is 0 Å². The molecule has 5 heteroatoms. The van der Waals surface area contributed by atoms with Crippen molar-refractivity contribution in [1.82, 2.24) is 4.98 Å². The van der Waals surface area contributed by atoms with Crippen molar-refractivity contribution < 1.29 is 0 Å². The van der Waals surface area contributed by atoms with Gasteiger partial charge in [-0.3, -0.25) is 5.41 Å². The fourth-order valence-corrected chi connectivity index (χ4v) is 3.34. The first-order valence-corrected chi connectivity index (χ1v) is 7.64. The minimum absolute atomic E-state index is 0.00729. The number of nitrogens with zero attached hydrogens (tertiary/aromatic N) is 2. The van der Waals surface area contributed by atoms with Crippen molar-refractivity contribution in [2.24, 2.45) is 11.1 Å². The van der Waals surface area contributed by atoms with Crippen molar-refractivity contribution in [2.75, 3.05) is 18.0 Å². The van der Waals surface area contributed by atoms with Crippen molar-refractivity contribution in [2.45, 2.75) is 39.5 Å². The number of piperidine rings is 1. The van der Waals surface area contributed by atoms with Crippen molar-refractivity contribution in [3.8, 4) is 0 Å². The number of rotatable bonds is 4. The molecule has 0 aromatic carbocycles. The van der Waals surface area contributed by atoms with Gasteiger partial charge in [-0.05, 0) is 24.3 Å². The Balaban J connectivity index is 2.19. The molecule has 20 heavy (non-hydrogen) atoms. The lowest BCUT2D eigenvalue weighted by Crippen LogP contribution is -2.40. The summed E-state index contributed by atoms with van der Waals surface area (Å²) in [5, 5.41) is 8.06. The molecule has 1 fully saturated rings. The zero-order valence-electron chi connectivity index (χ0n) is 12.2. The molecule has 1 aliphatic heterocycles. The van der Waals surface area contributed by atoms with Crippen LogP contribution in [0.4, 0.5) is 5.82 Å². The van der Waals surface area contributed by atoms with Gasteiger partial charge < -0.3 is 10.6 Å². The highest BCUT2D eigenvalue weighted by Gasteiger charge is 2.32. The third-order valence-corrected chi connectivity index (χ3v) is 5.16. The molecule has 2 rings (SSSR count). The van der Waals surface area contributed by atoms with E-state index in [9.17, 15) is 0 Å². The first kappa shape index (κ1) is 15.1. The van der Waals surface area contributed by atoms with Crippen LogP contribution in [0.3, 0.4) is 0 Å². The first-order valence-electron chi connectivity index (χ1n) is 7.27. The number of nitrogens with two attached hydrogens (primary N) is 1. The third-order valence-electron chi connectivity index (χ3n) is 4.78. The summed E-state index contributed by atoms with van der Waals surface area (Å²) in [4.78, 5) is 6.61. The predicted octanol–water partition coefficient (Wildman–Crippen LogP) is 3.43. The van der Waals surface area contributed by atoms with Gasteiger partial charge in [-0.25, -0.2) is 4.98 Å². The molecule has 0 radical (unpaired) electrons. The normalized spacial score (nSPS) is 18.1. The van der Waals surface area contributed by atoms with Gasteiger partial charge >= 0.3 is 0 Å². The van der Waals surface area contributed by atoms with Crippen LogP contribution in [0.2, 0.25) is 5.02 Å². The van der Waals surface area contributed by atoms with Crippen molar-refractivity contribution in [3.63, 3.8) is 0 Å². The van der Waals surface area contributed by atoms with E-state index in [1.807, 2.05) is 0 Å². The number of hydrogen-bond acceptors (Lipinski definition) is 3. The van der Waals surface area contributed by atoms with Crippen LogP contribution < -0.4 is 10.6 Å². The fraction of sp³-hybridized carbons (Fsp3) is 0.600. The standard InChI is InChI=1S/C15H23ClN4/c1-3-15(4-2)6-9-20(10-7-15)14-12(16)11(13(17)18)5-8-19-14/h5,8H,3-4,6-7,9-10H2,1-2H3,(H3,17,18). The molecule has 0 aliphatic carbocycles. The molecule has 1 saturated heterocycles.